The monoisotopic (exact) mass is 330 g/mol. The number of anilines is 1. The van der Waals surface area contributed by atoms with Crippen LogP contribution in [0.2, 0.25) is 0 Å². The number of rotatable bonds is 6. The number of nitrogens with zero attached hydrogens (tertiary/aromatic N) is 1. The molecule has 2 aromatic rings. The average molecular weight is 330 g/mol. The first-order chi connectivity index (χ1) is 11.2. The van der Waals surface area contributed by atoms with Crippen molar-refractivity contribution in [3.63, 3.8) is 0 Å². The summed E-state index contributed by atoms with van der Waals surface area (Å²) >= 11 is 1.54. The number of carbonyl (C=O) groups excluding carboxylic acids is 2. The topological polar surface area (TPSA) is 69.6 Å². The van der Waals surface area contributed by atoms with E-state index in [1.807, 2.05) is 41.8 Å². The van der Waals surface area contributed by atoms with Crippen LogP contribution in [0.15, 0.2) is 41.8 Å². The molecule has 0 fully saturated rings. The van der Waals surface area contributed by atoms with Gasteiger partial charge in [0.1, 0.15) is 6.54 Å². The third kappa shape index (κ3) is 3.43. The third-order valence-corrected chi connectivity index (χ3v) is 4.85. The van der Waals surface area contributed by atoms with Gasteiger partial charge in [-0.1, -0.05) is 24.3 Å². The van der Waals surface area contributed by atoms with Crippen LogP contribution in [0.5, 0.6) is 0 Å². The lowest BCUT2D eigenvalue weighted by atomic mass is 10.1. The number of benzene rings is 1. The predicted molar refractivity (Wildman–Crippen MR) is 89.4 cm³/mol. The van der Waals surface area contributed by atoms with Crippen LogP contribution in [-0.2, 0) is 16.0 Å². The molecule has 0 bridgehead atoms. The smallest absolute Gasteiger partial charge is 0.240 e. The maximum Gasteiger partial charge on any atom is 0.240 e. The van der Waals surface area contributed by atoms with E-state index >= 15 is 0 Å². The lowest BCUT2D eigenvalue weighted by Crippen LogP contribution is -2.40. The summed E-state index contributed by atoms with van der Waals surface area (Å²) < 4.78 is 0. The Hall–Kier alpha value is -2.18. The van der Waals surface area contributed by atoms with Gasteiger partial charge in [-0.05, 0) is 29.5 Å². The number of para-hydroxylation sites is 1. The number of aliphatic hydroxyl groups is 1. The lowest BCUT2D eigenvalue weighted by Gasteiger charge is -2.20. The van der Waals surface area contributed by atoms with Crippen molar-refractivity contribution in [2.75, 3.05) is 18.1 Å². The zero-order valence-corrected chi connectivity index (χ0v) is 13.4. The van der Waals surface area contributed by atoms with Crippen molar-refractivity contribution in [2.24, 2.45) is 0 Å². The Balaban J connectivity index is 1.68. The molecule has 3 rings (SSSR count). The highest BCUT2D eigenvalue weighted by atomic mass is 32.1. The van der Waals surface area contributed by atoms with Crippen LogP contribution in [0.1, 0.15) is 22.9 Å². The van der Waals surface area contributed by atoms with E-state index in [0.29, 0.717) is 12.8 Å². The van der Waals surface area contributed by atoms with E-state index in [4.69, 9.17) is 0 Å². The van der Waals surface area contributed by atoms with E-state index in [-0.39, 0.29) is 31.0 Å². The molecule has 1 aromatic heterocycles. The molecular weight excluding hydrogens is 312 g/mol. The van der Waals surface area contributed by atoms with Crippen molar-refractivity contribution in [3.8, 4) is 0 Å². The van der Waals surface area contributed by atoms with E-state index < -0.39 is 0 Å². The minimum absolute atomic E-state index is 0.00313. The van der Waals surface area contributed by atoms with Crippen LogP contribution in [0, 0.1) is 0 Å². The van der Waals surface area contributed by atoms with Crippen molar-refractivity contribution < 1.29 is 14.7 Å². The standard InChI is InChI=1S/C17H18N2O3S/c20-8-7-13(15-6-3-9-23-15)18-16(21)11-19-14-5-2-1-4-12(14)10-17(19)22/h1-6,9,13,20H,7-8,10-11H2,(H,18,21). The van der Waals surface area contributed by atoms with Gasteiger partial charge in [0.25, 0.3) is 0 Å². The molecule has 6 heteroatoms. The number of carbonyl (C=O) groups is 2. The van der Waals surface area contributed by atoms with Gasteiger partial charge in [0.2, 0.25) is 11.8 Å². The summed E-state index contributed by atoms with van der Waals surface area (Å²) in [6, 6.07) is 11.1. The summed E-state index contributed by atoms with van der Waals surface area (Å²) in [5.41, 5.74) is 1.76. The molecule has 1 aliphatic rings. The fourth-order valence-electron chi connectivity index (χ4n) is 2.78. The number of nitrogens with one attached hydrogen (secondary N) is 1. The Labute approximate surface area is 138 Å². The number of hydrogen-bond acceptors (Lipinski definition) is 4. The van der Waals surface area contributed by atoms with Crippen molar-refractivity contribution >= 4 is 28.8 Å². The lowest BCUT2D eigenvalue weighted by molar-refractivity contribution is -0.123. The van der Waals surface area contributed by atoms with Crippen molar-refractivity contribution in [1.82, 2.24) is 5.32 Å². The zero-order valence-electron chi connectivity index (χ0n) is 12.6. The second kappa shape index (κ2) is 6.93. The van der Waals surface area contributed by atoms with E-state index in [9.17, 15) is 14.7 Å². The van der Waals surface area contributed by atoms with Crippen LogP contribution in [0.4, 0.5) is 5.69 Å². The highest BCUT2D eigenvalue weighted by Gasteiger charge is 2.29. The van der Waals surface area contributed by atoms with Crippen LogP contribution in [-0.4, -0.2) is 30.1 Å². The van der Waals surface area contributed by atoms with Crippen molar-refractivity contribution in [1.29, 1.82) is 0 Å². The number of hydrogen-bond donors (Lipinski definition) is 2. The number of fused-ring (bicyclic) bond motifs is 1. The largest absolute Gasteiger partial charge is 0.396 e. The fraction of sp³-hybridized carbons (Fsp3) is 0.294. The van der Waals surface area contributed by atoms with Gasteiger partial charge in [0, 0.05) is 17.2 Å². The van der Waals surface area contributed by atoms with Crippen LogP contribution >= 0.6 is 11.3 Å². The summed E-state index contributed by atoms with van der Waals surface area (Å²) in [7, 11) is 0. The predicted octanol–water partition coefficient (Wildman–Crippen LogP) is 1.88. The van der Waals surface area contributed by atoms with Gasteiger partial charge in [-0.3, -0.25) is 9.59 Å². The summed E-state index contributed by atoms with van der Waals surface area (Å²) in [4.78, 5) is 27.0. The zero-order chi connectivity index (χ0) is 16.2. The van der Waals surface area contributed by atoms with Gasteiger partial charge in [0.15, 0.2) is 0 Å². The van der Waals surface area contributed by atoms with Crippen LogP contribution in [0.3, 0.4) is 0 Å². The first-order valence-electron chi connectivity index (χ1n) is 7.51. The van der Waals surface area contributed by atoms with Gasteiger partial charge in [-0.25, -0.2) is 0 Å². The molecular formula is C17H18N2O3S. The first kappa shape index (κ1) is 15.7. The molecule has 5 nitrogen and oxygen atoms in total. The van der Waals surface area contributed by atoms with Gasteiger partial charge in [-0.2, -0.15) is 0 Å². The number of aliphatic hydroxyl groups excluding tert-OH is 1. The molecule has 0 radical (unpaired) electrons. The van der Waals surface area contributed by atoms with Gasteiger partial charge in [0.05, 0.1) is 12.5 Å². The first-order valence-corrected chi connectivity index (χ1v) is 8.39. The molecule has 1 atom stereocenters. The second-order valence-electron chi connectivity index (χ2n) is 5.43. The number of thiophene rings is 1. The molecule has 2 heterocycles. The Kier molecular flexibility index (Phi) is 4.73. The molecule has 120 valence electrons. The summed E-state index contributed by atoms with van der Waals surface area (Å²) in [6.45, 7) is -0.00250. The SMILES string of the molecule is O=C(CN1C(=O)Cc2ccccc21)NC(CCO)c1cccs1. The Bertz CT molecular complexity index is 700. The van der Waals surface area contributed by atoms with Gasteiger partial charge in [-0.15, -0.1) is 11.3 Å². The highest BCUT2D eigenvalue weighted by molar-refractivity contribution is 7.10. The average Bonchev–Trinajstić information content (AvgIpc) is 3.16. The minimum Gasteiger partial charge on any atom is -0.396 e. The second-order valence-corrected chi connectivity index (χ2v) is 6.41. The molecule has 1 aromatic carbocycles. The number of amides is 2. The molecule has 2 amide bonds. The van der Waals surface area contributed by atoms with Crippen LogP contribution < -0.4 is 10.2 Å². The fourth-order valence-corrected chi connectivity index (χ4v) is 3.59. The van der Waals surface area contributed by atoms with Crippen LogP contribution in [0.25, 0.3) is 0 Å². The normalized spacial score (nSPS) is 14.7. The molecule has 1 aliphatic heterocycles. The summed E-state index contributed by atoms with van der Waals surface area (Å²) in [6.07, 6.45) is 0.797. The molecule has 0 aliphatic carbocycles. The maximum absolute atomic E-state index is 12.4. The quantitative estimate of drug-likeness (QED) is 0.850. The summed E-state index contributed by atoms with van der Waals surface area (Å²) in [5, 5.41) is 14.0. The van der Waals surface area contributed by atoms with E-state index in [1.54, 1.807) is 0 Å². The third-order valence-electron chi connectivity index (χ3n) is 3.87. The molecule has 0 saturated carbocycles. The van der Waals surface area contributed by atoms with Gasteiger partial charge < -0.3 is 15.3 Å². The molecule has 23 heavy (non-hydrogen) atoms. The molecule has 1 unspecified atom stereocenters. The molecule has 0 spiro atoms. The molecule has 0 saturated heterocycles. The Morgan fingerprint density at radius 1 is 1.30 bits per heavy atom. The van der Waals surface area contributed by atoms with E-state index in [0.717, 1.165) is 16.1 Å². The Morgan fingerprint density at radius 3 is 2.87 bits per heavy atom. The van der Waals surface area contributed by atoms with Gasteiger partial charge >= 0.3 is 0 Å². The molecule has 2 N–H and O–H groups in total. The van der Waals surface area contributed by atoms with E-state index in [1.165, 1.54) is 16.2 Å². The van der Waals surface area contributed by atoms with Crippen molar-refractivity contribution in [3.05, 3.63) is 52.2 Å². The van der Waals surface area contributed by atoms with E-state index in [2.05, 4.69) is 5.32 Å². The Morgan fingerprint density at radius 2 is 2.13 bits per heavy atom. The maximum atomic E-state index is 12.4. The highest BCUT2D eigenvalue weighted by Crippen LogP contribution is 2.28. The minimum atomic E-state index is -0.222. The van der Waals surface area contributed by atoms with Crippen molar-refractivity contribution in [2.45, 2.75) is 18.9 Å². The summed E-state index contributed by atoms with van der Waals surface area (Å²) in [5.74, 6) is -0.280.